The number of nitrogens with zero attached hydrogens (tertiary/aromatic N) is 5. The molecule has 0 spiro atoms. The first-order valence-corrected chi connectivity index (χ1v) is 22.8. The molecule has 18 heteroatoms. The topological polar surface area (TPSA) is 192 Å². The van der Waals surface area contributed by atoms with E-state index in [-0.39, 0.29) is 30.6 Å². The zero-order chi connectivity index (χ0) is 46.2. The fourth-order valence-electron chi connectivity index (χ4n) is 8.07. The Morgan fingerprint density at radius 1 is 0.672 bits per heavy atom. The van der Waals surface area contributed by atoms with Crippen molar-refractivity contribution in [1.82, 2.24) is 30.0 Å². The van der Waals surface area contributed by atoms with E-state index in [1.165, 1.54) is 12.1 Å². The third-order valence-electron chi connectivity index (χ3n) is 11.6. The number of anilines is 2. The molecule has 6 bridgehead atoms. The Balaban J connectivity index is 0.666. The fourth-order valence-corrected chi connectivity index (χ4v) is 8.07. The molecular formula is C49H57N7O11. The molecule has 2 saturated heterocycles. The maximum absolute atomic E-state index is 13.0. The summed E-state index contributed by atoms with van der Waals surface area (Å²) in [5.41, 5.74) is 5.04. The van der Waals surface area contributed by atoms with E-state index in [1.807, 2.05) is 54.6 Å². The molecule has 18 nitrogen and oxygen atoms in total. The smallest absolute Gasteiger partial charge is 0.262 e. The second kappa shape index (κ2) is 24.1. The normalized spacial score (nSPS) is 18.7. The standard InChI is InChI=1S/C49H57N7O11/c57-45-11-9-43(46(58)53-45)56-47(59)40-8-7-39(32-41(40)48(56)60)66-29-28-63-27-26-62-25-24-61-22-18-54-14-16-55(17-15-54)19-23-67-44-10-6-38-31-37(44)34-65-21-2-1-20-64-33-35-4-3-5-36(30-35)42-12-13-50-49(51-38)52-42/h1-8,10,12-13,30-32,43H,9,11,14-29,33-34H2,(H,50,51,52)(H,53,57,58)/b2-1+. The summed E-state index contributed by atoms with van der Waals surface area (Å²) >= 11 is 0. The first-order valence-electron chi connectivity index (χ1n) is 22.8. The van der Waals surface area contributed by atoms with Crippen LogP contribution in [0.15, 0.2) is 85.1 Å². The SMILES string of the molecule is O=C1CCC(N2C(=O)c3ccc(OCCOCCOCCOCCN4CCN(CCOc5ccc6cc5COC/C=C/COCc5cccc(c5)-c5ccnc(n5)N6)CC4)cc3C2=O)C(=O)N1. The summed E-state index contributed by atoms with van der Waals surface area (Å²) < 4.78 is 41.0. The predicted octanol–water partition coefficient (Wildman–Crippen LogP) is 4.02. The number of hydrogen-bond donors (Lipinski definition) is 2. The summed E-state index contributed by atoms with van der Waals surface area (Å²) in [6.07, 6.45) is 5.87. The molecule has 2 N–H and O–H groups in total. The Hall–Kier alpha value is -6.12. The summed E-state index contributed by atoms with van der Waals surface area (Å²) in [5.74, 6) is -0.514. The van der Waals surface area contributed by atoms with Crippen molar-refractivity contribution in [3.8, 4) is 22.8 Å². The fraction of sp³-hybridized carbons (Fsp3) is 0.429. The van der Waals surface area contributed by atoms with Gasteiger partial charge < -0.3 is 38.5 Å². The lowest BCUT2D eigenvalue weighted by Crippen LogP contribution is -2.54. The molecule has 4 aliphatic heterocycles. The Morgan fingerprint density at radius 3 is 2.16 bits per heavy atom. The highest BCUT2D eigenvalue weighted by atomic mass is 16.6. The van der Waals surface area contributed by atoms with Crippen LogP contribution in [0.5, 0.6) is 11.5 Å². The number of carbonyl (C=O) groups is 4. The molecule has 3 aromatic carbocycles. The average Bonchev–Trinajstić information content (AvgIpc) is 3.58. The van der Waals surface area contributed by atoms with Crippen LogP contribution in [0.3, 0.4) is 0 Å². The maximum atomic E-state index is 13.0. The first kappa shape index (κ1) is 47.4. The number of aromatic nitrogens is 2. The zero-order valence-electron chi connectivity index (χ0n) is 37.5. The molecule has 2 fully saturated rings. The van der Waals surface area contributed by atoms with E-state index in [0.717, 1.165) is 78.0 Å². The van der Waals surface area contributed by atoms with E-state index in [4.69, 9.17) is 38.1 Å². The minimum Gasteiger partial charge on any atom is -0.492 e. The van der Waals surface area contributed by atoms with Crippen molar-refractivity contribution in [3.63, 3.8) is 0 Å². The van der Waals surface area contributed by atoms with Gasteiger partial charge >= 0.3 is 0 Å². The monoisotopic (exact) mass is 919 g/mol. The summed E-state index contributed by atoms with van der Waals surface area (Å²) in [5, 5.41) is 5.55. The Bertz CT molecular complexity index is 2370. The molecule has 0 saturated carbocycles. The molecule has 354 valence electrons. The van der Waals surface area contributed by atoms with Crippen molar-refractivity contribution < 1.29 is 52.3 Å². The molecule has 4 aliphatic rings. The highest BCUT2D eigenvalue weighted by molar-refractivity contribution is 6.23. The molecule has 8 rings (SSSR count). The Morgan fingerprint density at radius 2 is 1.39 bits per heavy atom. The number of fused-ring (bicyclic) bond motifs is 8. The third kappa shape index (κ3) is 13.3. The molecule has 1 atom stereocenters. The summed E-state index contributed by atoms with van der Waals surface area (Å²) in [4.78, 5) is 64.7. The van der Waals surface area contributed by atoms with Crippen LogP contribution < -0.4 is 20.1 Å². The van der Waals surface area contributed by atoms with Gasteiger partial charge in [0.25, 0.3) is 11.8 Å². The molecule has 67 heavy (non-hydrogen) atoms. The summed E-state index contributed by atoms with van der Waals surface area (Å²) in [7, 11) is 0. The second-order valence-corrected chi connectivity index (χ2v) is 16.3. The Kier molecular flexibility index (Phi) is 17.0. The van der Waals surface area contributed by atoms with Gasteiger partial charge in [-0.05, 0) is 60.5 Å². The van der Waals surface area contributed by atoms with Gasteiger partial charge in [-0.25, -0.2) is 9.97 Å². The van der Waals surface area contributed by atoms with Crippen LogP contribution in [-0.4, -0.2) is 160 Å². The largest absolute Gasteiger partial charge is 0.492 e. The molecule has 0 radical (unpaired) electrons. The Labute approximate surface area is 389 Å². The number of piperazine rings is 1. The van der Waals surface area contributed by atoms with E-state index in [2.05, 4.69) is 31.5 Å². The van der Waals surface area contributed by atoms with Gasteiger partial charge in [0.05, 0.1) is 82.9 Å². The number of nitrogens with one attached hydrogen (secondary N) is 2. The molecule has 4 aromatic rings. The molecule has 4 amide bonds. The number of carbonyl (C=O) groups excluding carboxylic acids is 4. The number of piperidine rings is 1. The molecule has 0 aliphatic carbocycles. The van der Waals surface area contributed by atoms with Crippen LogP contribution in [0, 0.1) is 0 Å². The summed E-state index contributed by atoms with van der Waals surface area (Å²) in [6.45, 7) is 10.8. The van der Waals surface area contributed by atoms with Gasteiger partial charge in [0, 0.05) is 68.7 Å². The molecule has 5 heterocycles. The van der Waals surface area contributed by atoms with Crippen molar-refractivity contribution in [2.24, 2.45) is 0 Å². The van der Waals surface area contributed by atoms with Crippen LogP contribution in [-0.2, 0) is 46.5 Å². The lowest BCUT2D eigenvalue weighted by Gasteiger charge is -2.34. The third-order valence-corrected chi connectivity index (χ3v) is 11.6. The van der Waals surface area contributed by atoms with Crippen LogP contribution in [0.2, 0.25) is 0 Å². The minimum atomic E-state index is -1.01. The molecular weight excluding hydrogens is 863 g/mol. The quantitative estimate of drug-likeness (QED) is 0.0826. The van der Waals surface area contributed by atoms with E-state index < -0.39 is 29.7 Å². The lowest BCUT2D eigenvalue weighted by atomic mass is 10.0. The number of benzene rings is 3. The zero-order valence-corrected chi connectivity index (χ0v) is 37.5. The number of hydrogen-bond acceptors (Lipinski definition) is 16. The summed E-state index contributed by atoms with van der Waals surface area (Å²) in [6, 6.07) is 19.7. The molecule has 1 unspecified atom stereocenters. The van der Waals surface area contributed by atoms with Crippen molar-refractivity contribution in [1.29, 1.82) is 0 Å². The van der Waals surface area contributed by atoms with Crippen molar-refractivity contribution in [2.45, 2.75) is 32.1 Å². The van der Waals surface area contributed by atoms with E-state index in [9.17, 15) is 19.2 Å². The molecule has 1 aromatic heterocycles. The van der Waals surface area contributed by atoms with E-state index in [1.54, 1.807) is 12.3 Å². The van der Waals surface area contributed by atoms with Gasteiger partial charge in [0.1, 0.15) is 30.8 Å². The first-order chi connectivity index (χ1) is 32.9. The van der Waals surface area contributed by atoms with E-state index in [0.29, 0.717) is 84.4 Å². The van der Waals surface area contributed by atoms with E-state index >= 15 is 0 Å². The number of ether oxygens (including phenoxy) is 7. The van der Waals surface area contributed by atoms with Crippen LogP contribution in [0.4, 0.5) is 11.6 Å². The van der Waals surface area contributed by atoms with Gasteiger partial charge in [0.15, 0.2) is 0 Å². The van der Waals surface area contributed by atoms with Gasteiger partial charge in [-0.3, -0.25) is 39.2 Å². The number of rotatable bonds is 18. The van der Waals surface area contributed by atoms with Crippen molar-refractivity contribution in [3.05, 3.63) is 107 Å². The van der Waals surface area contributed by atoms with Crippen LogP contribution >= 0.6 is 0 Å². The van der Waals surface area contributed by atoms with Crippen molar-refractivity contribution >= 4 is 35.3 Å². The predicted molar refractivity (Wildman–Crippen MR) is 245 cm³/mol. The van der Waals surface area contributed by atoms with Crippen LogP contribution in [0.25, 0.3) is 11.3 Å². The average molecular weight is 920 g/mol. The minimum absolute atomic E-state index is 0.0625. The second-order valence-electron chi connectivity index (χ2n) is 16.3. The van der Waals surface area contributed by atoms with Gasteiger partial charge in [0.2, 0.25) is 17.8 Å². The van der Waals surface area contributed by atoms with Crippen LogP contribution in [0.1, 0.15) is 44.7 Å². The highest BCUT2D eigenvalue weighted by Crippen LogP contribution is 2.31. The van der Waals surface area contributed by atoms with Gasteiger partial charge in [-0.15, -0.1) is 0 Å². The van der Waals surface area contributed by atoms with Gasteiger partial charge in [-0.1, -0.05) is 30.4 Å². The number of imide groups is 2. The van der Waals surface area contributed by atoms with Gasteiger partial charge in [-0.2, -0.15) is 0 Å². The number of amides is 4. The maximum Gasteiger partial charge on any atom is 0.262 e. The lowest BCUT2D eigenvalue weighted by molar-refractivity contribution is -0.136. The van der Waals surface area contributed by atoms with Crippen molar-refractivity contribution in [2.75, 3.05) is 111 Å². The highest BCUT2D eigenvalue weighted by Gasteiger charge is 2.44.